The van der Waals surface area contributed by atoms with E-state index in [-0.39, 0.29) is 0 Å². The lowest BCUT2D eigenvalue weighted by atomic mass is 10.4. The van der Waals surface area contributed by atoms with Crippen LogP contribution in [-0.2, 0) is 16.3 Å². The van der Waals surface area contributed by atoms with Crippen LogP contribution in [0.1, 0.15) is 5.69 Å². The fourth-order valence-corrected chi connectivity index (χ4v) is 1.72. The number of pyridine rings is 1. The average molecular weight is 210 g/mol. The summed E-state index contributed by atoms with van der Waals surface area (Å²) in [6.45, 7) is 0.334. The fourth-order valence-electron chi connectivity index (χ4n) is 0.886. The van der Waals surface area contributed by atoms with E-state index in [0.717, 1.165) is 0 Å². The SMILES string of the molecule is CS(=O)(=NC#N)c1ccc(CN)nc1. The van der Waals surface area contributed by atoms with Gasteiger partial charge in [0.15, 0.2) is 0 Å². The molecule has 6 heteroatoms. The van der Waals surface area contributed by atoms with E-state index in [1.165, 1.54) is 18.6 Å². The van der Waals surface area contributed by atoms with Crippen LogP contribution in [0, 0.1) is 11.5 Å². The number of nitrogens with zero attached hydrogens (tertiary/aromatic N) is 3. The maximum Gasteiger partial charge on any atom is 0.214 e. The summed E-state index contributed by atoms with van der Waals surface area (Å²) in [4.78, 5) is 4.41. The molecule has 0 bridgehead atoms. The predicted octanol–water partition coefficient (Wildman–Crippen LogP) is 0.478. The van der Waals surface area contributed by atoms with Crippen molar-refractivity contribution in [2.45, 2.75) is 11.4 Å². The Morgan fingerprint density at radius 3 is 2.86 bits per heavy atom. The smallest absolute Gasteiger partial charge is 0.214 e. The minimum absolute atomic E-state index is 0.334. The van der Waals surface area contributed by atoms with E-state index in [2.05, 4.69) is 9.35 Å². The standard InChI is InChI=1S/C8H10N4OS/c1-14(13,12-6-10)8-3-2-7(4-9)11-5-8/h2-3,5H,4,9H2,1H3. The van der Waals surface area contributed by atoms with Crippen molar-refractivity contribution in [2.75, 3.05) is 6.26 Å². The number of aromatic nitrogens is 1. The lowest BCUT2D eigenvalue weighted by Crippen LogP contribution is -2.02. The summed E-state index contributed by atoms with van der Waals surface area (Å²) in [5.41, 5.74) is 6.07. The van der Waals surface area contributed by atoms with Gasteiger partial charge in [-0.2, -0.15) is 5.26 Å². The van der Waals surface area contributed by atoms with Crippen LogP contribution in [0.5, 0.6) is 0 Å². The van der Waals surface area contributed by atoms with Crippen LogP contribution in [-0.4, -0.2) is 15.4 Å². The molecule has 0 aliphatic heterocycles. The zero-order chi connectivity index (χ0) is 10.6. The maximum absolute atomic E-state index is 11.7. The Morgan fingerprint density at radius 1 is 1.71 bits per heavy atom. The summed E-state index contributed by atoms with van der Waals surface area (Å²) in [5.74, 6) is 0. The maximum atomic E-state index is 11.7. The van der Waals surface area contributed by atoms with Gasteiger partial charge in [0, 0.05) is 19.0 Å². The van der Waals surface area contributed by atoms with Crippen molar-refractivity contribution < 1.29 is 4.21 Å². The first-order valence-corrected chi connectivity index (χ1v) is 5.78. The van der Waals surface area contributed by atoms with Gasteiger partial charge in [-0.05, 0) is 12.1 Å². The van der Waals surface area contributed by atoms with Gasteiger partial charge in [-0.15, -0.1) is 4.36 Å². The van der Waals surface area contributed by atoms with Gasteiger partial charge in [0.1, 0.15) is 0 Å². The van der Waals surface area contributed by atoms with Gasteiger partial charge in [0.05, 0.1) is 20.3 Å². The molecule has 0 aliphatic carbocycles. The van der Waals surface area contributed by atoms with E-state index in [1.807, 2.05) is 0 Å². The van der Waals surface area contributed by atoms with Crippen LogP contribution in [0.25, 0.3) is 0 Å². The largest absolute Gasteiger partial charge is 0.325 e. The van der Waals surface area contributed by atoms with E-state index < -0.39 is 9.73 Å². The lowest BCUT2D eigenvalue weighted by Gasteiger charge is -2.01. The van der Waals surface area contributed by atoms with E-state index in [1.54, 1.807) is 12.1 Å². The summed E-state index contributed by atoms with van der Waals surface area (Å²) >= 11 is 0. The minimum Gasteiger partial charge on any atom is -0.325 e. The average Bonchev–Trinajstić information content (AvgIpc) is 2.18. The minimum atomic E-state index is -2.62. The van der Waals surface area contributed by atoms with Crippen LogP contribution in [0.2, 0.25) is 0 Å². The monoisotopic (exact) mass is 210 g/mol. The topological polar surface area (TPSA) is 92.1 Å². The second-order valence-corrected chi connectivity index (χ2v) is 4.94. The molecule has 1 aromatic rings. The van der Waals surface area contributed by atoms with E-state index in [9.17, 15) is 4.21 Å². The third-order valence-electron chi connectivity index (χ3n) is 1.66. The molecule has 1 unspecified atom stereocenters. The van der Waals surface area contributed by atoms with Gasteiger partial charge >= 0.3 is 0 Å². The van der Waals surface area contributed by atoms with Crippen molar-refractivity contribution in [1.29, 1.82) is 5.26 Å². The first-order valence-electron chi connectivity index (χ1n) is 3.85. The molecule has 0 fully saturated rings. The Hall–Kier alpha value is -1.45. The quantitative estimate of drug-likeness (QED) is 0.718. The van der Waals surface area contributed by atoms with E-state index >= 15 is 0 Å². The van der Waals surface area contributed by atoms with Crippen molar-refractivity contribution >= 4 is 9.73 Å². The molecule has 1 rings (SSSR count). The Bertz CT molecular complexity index is 465. The van der Waals surface area contributed by atoms with Crippen LogP contribution < -0.4 is 5.73 Å². The zero-order valence-corrected chi connectivity index (χ0v) is 8.49. The normalized spacial score (nSPS) is 14.1. The summed E-state index contributed by atoms with van der Waals surface area (Å²) in [6, 6.07) is 3.30. The first kappa shape index (κ1) is 10.6. The van der Waals surface area contributed by atoms with Crippen molar-refractivity contribution in [3.05, 3.63) is 24.0 Å². The molecular formula is C8H10N4OS. The highest BCUT2D eigenvalue weighted by Gasteiger charge is 2.05. The second-order valence-electron chi connectivity index (χ2n) is 2.68. The molecule has 2 N–H and O–H groups in total. The summed E-state index contributed by atoms with van der Waals surface area (Å²) < 4.78 is 15.1. The van der Waals surface area contributed by atoms with Crippen molar-refractivity contribution in [3.63, 3.8) is 0 Å². The third-order valence-corrected chi connectivity index (χ3v) is 3.21. The lowest BCUT2D eigenvalue weighted by molar-refractivity contribution is 0.680. The highest BCUT2D eigenvalue weighted by molar-refractivity contribution is 7.93. The number of hydrogen-bond donors (Lipinski definition) is 1. The third kappa shape index (κ3) is 2.28. The summed E-state index contributed by atoms with van der Waals surface area (Å²) in [7, 11) is -2.62. The molecule has 5 nitrogen and oxygen atoms in total. The van der Waals surface area contributed by atoms with Crippen LogP contribution in [0.4, 0.5) is 0 Å². The van der Waals surface area contributed by atoms with Gasteiger partial charge in [0.25, 0.3) is 0 Å². The molecule has 0 spiro atoms. The molecular weight excluding hydrogens is 200 g/mol. The number of hydrogen-bond acceptors (Lipinski definition) is 5. The highest BCUT2D eigenvalue weighted by atomic mass is 32.2. The van der Waals surface area contributed by atoms with Crippen molar-refractivity contribution in [2.24, 2.45) is 10.1 Å². The molecule has 14 heavy (non-hydrogen) atoms. The molecule has 0 aliphatic rings. The number of rotatable bonds is 2. The van der Waals surface area contributed by atoms with E-state index in [0.29, 0.717) is 17.1 Å². The van der Waals surface area contributed by atoms with Gasteiger partial charge in [-0.3, -0.25) is 4.98 Å². The molecule has 1 atom stereocenters. The Labute approximate surface area is 82.8 Å². The van der Waals surface area contributed by atoms with Gasteiger partial charge in [0.2, 0.25) is 6.19 Å². The Morgan fingerprint density at radius 2 is 2.43 bits per heavy atom. The zero-order valence-electron chi connectivity index (χ0n) is 7.67. The summed E-state index contributed by atoms with van der Waals surface area (Å²) in [6.07, 6.45) is 4.37. The Balaban J connectivity index is 3.18. The Kier molecular flexibility index (Phi) is 3.17. The van der Waals surface area contributed by atoms with Gasteiger partial charge in [-0.1, -0.05) is 0 Å². The first-order chi connectivity index (χ1) is 6.60. The molecule has 1 aromatic heterocycles. The van der Waals surface area contributed by atoms with Crippen molar-refractivity contribution in [1.82, 2.24) is 4.98 Å². The van der Waals surface area contributed by atoms with Crippen LogP contribution >= 0.6 is 0 Å². The number of nitriles is 1. The van der Waals surface area contributed by atoms with Crippen molar-refractivity contribution in [3.8, 4) is 6.19 Å². The highest BCUT2D eigenvalue weighted by Crippen LogP contribution is 2.09. The van der Waals surface area contributed by atoms with Gasteiger partial charge in [-0.25, -0.2) is 4.21 Å². The predicted molar refractivity (Wildman–Crippen MR) is 52.5 cm³/mol. The molecule has 0 saturated heterocycles. The number of nitrogens with two attached hydrogens (primary N) is 1. The molecule has 0 radical (unpaired) electrons. The van der Waals surface area contributed by atoms with Crippen LogP contribution in [0.3, 0.4) is 0 Å². The molecule has 0 aromatic carbocycles. The fraction of sp³-hybridized carbons (Fsp3) is 0.250. The second kappa shape index (κ2) is 4.17. The van der Waals surface area contributed by atoms with E-state index in [4.69, 9.17) is 11.0 Å². The molecule has 1 heterocycles. The van der Waals surface area contributed by atoms with Crippen LogP contribution in [0.15, 0.2) is 27.6 Å². The molecule has 74 valence electrons. The molecule has 0 amide bonds. The summed E-state index contributed by atoms with van der Waals surface area (Å²) in [5, 5.41) is 8.33. The molecule has 0 saturated carbocycles. The van der Waals surface area contributed by atoms with Gasteiger partial charge < -0.3 is 5.73 Å².